The predicted molar refractivity (Wildman–Crippen MR) is 351 cm³/mol. The van der Waals surface area contributed by atoms with Gasteiger partial charge < -0.3 is 53.9 Å². The van der Waals surface area contributed by atoms with Crippen LogP contribution in [0.5, 0.6) is 5.75 Å². The Bertz CT molecular complexity index is 1860. The number of thioether (sulfide) groups is 1. The molecule has 5 heterocycles. The number of rotatable bonds is 2. The van der Waals surface area contributed by atoms with Crippen LogP contribution in [0.3, 0.4) is 0 Å². The first-order valence-electron chi connectivity index (χ1n) is 27.5. The van der Waals surface area contributed by atoms with Crippen molar-refractivity contribution in [2.24, 2.45) is 0 Å². The van der Waals surface area contributed by atoms with E-state index >= 15 is 0 Å². The minimum Gasteiger partial charge on any atom is -0.494 e. The van der Waals surface area contributed by atoms with Gasteiger partial charge in [0.25, 0.3) is 0 Å². The van der Waals surface area contributed by atoms with Gasteiger partial charge in [-0.05, 0) is 142 Å². The molecule has 0 fully saturated rings. The SMILES string of the molecule is C.C.CC.CC.CC.CC.CC.CCO.CCOc1ccc2c(c1)CCB2O.CN(C)C.COC.CSC.OB1CCc2ccccc21.OB1CCc2ccccc21.OB1OCc2ccccc21.OB1OCc2ccccc21. The van der Waals surface area contributed by atoms with Gasteiger partial charge in [0.2, 0.25) is 0 Å². The van der Waals surface area contributed by atoms with E-state index in [1.807, 2.05) is 218 Å². The van der Waals surface area contributed by atoms with Crippen molar-refractivity contribution in [3.63, 3.8) is 0 Å². The highest BCUT2D eigenvalue weighted by molar-refractivity contribution is 7.97. The normalized spacial score (nSPS) is 11.9. The molecule has 0 saturated carbocycles. The van der Waals surface area contributed by atoms with Crippen molar-refractivity contribution in [1.29, 1.82) is 0 Å². The Kier molecular flexibility index (Phi) is 63.4. The van der Waals surface area contributed by atoms with E-state index in [0.717, 1.165) is 82.4 Å². The summed E-state index contributed by atoms with van der Waals surface area (Å²) in [5, 5.41) is 54.2. The molecule has 0 aliphatic carbocycles. The summed E-state index contributed by atoms with van der Waals surface area (Å²) in [5.41, 5.74) is 11.2. The Balaban J connectivity index is -0.000000189. The van der Waals surface area contributed by atoms with Crippen molar-refractivity contribution in [2.75, 3.05) is 61.1 Å². The van der Waals surface area contributed by atoms with E-state index in [2.05, 4.69) is 16.9 Å². The Morgan fingerprint density at radius 3 is 1.01 bits per heavy atom. The summed E-state index contributed by atoms with van der Waals surface area (Å²) in [5.74, 6) is 0.912. The zero-order valence-corrected chi connectivity index (χ0v) is 51.4. The topological polar surface area (TPSA) is 162 Å². The molecule has 11 nitrogen and oxygen atoms in total. The van der Waals surface area contributed by atoms with Crippen LogP contribution in [-0.4, -0.2) is 131 Å². The molecule has 0 spiro atoms. The molecular weight excluding hydrogens is 993 g/mol. The van der Waals surface area contributed by atoms with Crippen molar-refractivity contribution in [1.82, 2.24) is 4.90 Å². The summed E-state index contributed by atoms with van der Waals surface area (Å²) in [7, 11) is 7.85. The van der Waals surface area contributed by atoms with E-state index in [0.29, 0.717) is 19.8 Å². The first kappa shape index (κ1) is 85.5. The van der Waals surface area contributed by atoms with Crippen LogP contribution in [0.4, 0.5) is 0 Å². The Labute approximate surface area is 484 Å². The quantitative estimate of drug-likeness (QED) is 0.0932. The fourth-order valence-corrected chi connectivity index (χ4v) is 7.23. The van der Waals surface area contributed by atoms with Gasteiger partial charge in [0.15, 0.2) is 0 Å². The van der Waals surface area contributed by atoms with Crippen molar-refractivity contribution >= 4 is 74.1 Å². The summed E-state index contributed by atoms with van der Waals surface area (Å²) < 4.78 is 19.6. The molecule has 0 aromatic heterocycles. The number of aliphatic hydroxyl groups is 1. The van der Waals surface area contributed by atoms with Crippen LogP contribution in [0.25, 0.3) is 0 Å². The lowest BCUT2D eigenvalue weighted by Crippen LogP contribution is -2.27. The molecule has 10 rings (SSSR count). The van der Waals surface area contributed by atoms with E-state index in [-0.39, 0.29) is 42.2 Å². The van der Waals surface area contributed by atoms with E-state index < -0.39 is 14.2 Å². The summed E-state index contributed by atoms with van der Waals surface area (Å²) in [4.78, 5) is 2.00. The van der Waals surface area contributed by atoms with Gasteiger partial charge >= 0.3 is 35.0 Å². The zero-order valence-electron chi connectivity index (χ0n) is 50.6. The van der Waals surface area contributed by atoms with Crippen LogP contribution in [0, 0.1) is 0 Å². The van der Waals surface area contributed by atoms with E-state index in [9.17, 15) is 15.1 Å². The number of aryl methyl sites for hydroxylation is 3. The molecule has 5 aromatic rings. The second-order valence-corrected chi connectivity index (χ2v) is 16.9. The molecule has 6 N–H and O–H groups in total. The number of benzene rings is 5. The maximum atomic E-state index is 9.56. The van der Waals surface area contributed by atoms with Gasteiger partial charge in [-0.3, -0.25) is 0 Å². The van der Waals surface area contributed by atoms with Gasteiger partial charge in [-0.15, -0.1) is 0 Å². The van der Waals surface area contributed by atoms with Crippen LogP contribution in [0.2, 0.25) is 19.0 Å². The van der Waals surface area contributed by atoms with Crippen LogP contribution >= 0.6 is 11.8 Å². The van der Waals surface area contributed by atoms with Gasteiger partial charge in [-0.25, -0.2) is 0 Å². The lowest BCUT2D eigenvalue weighted by molar-refractivity contribution is 0.275. The molecular formula is C61H110B5NO10S. The standard InChI is InChI=1S/C10H13BO2.2C8H9BO.2C7H7BO2.C3H9N.2C2H6O.C2H6S.5C2H6.2CH4/c1-2-13-9-3-4-10-8(7-9)5-6-11(10)12;2*10-9-6-5-7-3-1-2-4-8(7)9;2*9-8-7-4-2-1-3-6(7)5-10-8;1-4(2)3;1-3-2;1-2-3;1-3-2;5*1-2;;/h3-4,7,12H,2,5-6H2,1H3;2*1-4,10H,5-6H2;2*1-4,9H,5H2;1-3H3;1-2H3;3H,2H2,1H3;1-2H3;5*1-2H3;2*1H4. The smallest absolute Gasteiger partial charge is 0.491 e. The molecule has 0 bridgehead atoms. The zero-order chi connectivity index (χ0) is 58.9. The Morgan fingerprint density at radius 2 is 0.731 bits per heavy atom. The van der Waals surface area contributed by atoms with Crippen LogP contribution in [0.15, 0.2) is 115 Å². The second-order valence-electron chi connectivity index (χ2n) is 16.1. The third-order valence-electron chi connectivity index (χ3n) is 10.1. The molecule has 5 aromatic carbocycles. The average Bonchev–Trinajstić information content (AvgIpc) is 4.31. The average molecular weight is 1100 g/mol. The summed E-state index contributed by atoms with van der Waals surface area (Å²) in [6.45, 7) is 25.0. The lowest BCUT2D eigenvalue weighted by atomic mass is 9.63. The number of aliphatic hydroxyl groups excluding tert-OH is 1. The largest absolute Gasteiger partial charge is 0.494 e. The first-order chi connectivity index (χ1) is 36.8. The number of nitrogens with zero attached hydrogens (tertiary/aromatic N) is 1. The number of methoxy groups -OCH3 is 1. The molecule has 17 heteroatoms. The highest BCUT2D eigenvalue weighted by Gasteiger charge is 2.28. The molecule has 0 amide bonds. The Morgan fingerprint density at radius 1 is 0.474 bits per heavy atom. The van der Waals surface area contributed by atoms with Crippen molar-refractivity contribution < 1.29 is 49.0 Å². The van der Waals surface area contributed by atoms with E-state index in [4.69, 9.17) is 29.2 Å². The monoisotopic (exact) mass is 1100 g/mol. The maximum absolute atomic E-state index is 9.56. The minimum atomic E-state index is -0.698. The number of hydrogen-bond donors (Lipinski definition) is 6. The van der Waals surface area contributed by atoms with Gasteiger partial charge in [-0.1, -0.05) is 198 Å². The second kappa shape index (κ2) is 57.8. The van der Waals surface area contributed by atoms with E-state index in [1.165, 1.54) is 16.7 Å². The highest BCUT2D eigenvalue weighted by atomic mass is 32.2. The molecule has 0 atom stereocenters. The summed E-state index contributed by atoms with van der Waals surface area (Å²) >= 11 is 1.75. The fourth-order valence-electron chi connectivity index (χ4n) is 7.23. The molecule has 0 saturated heterocycles. The molecule has 5 aliphatic rings. The summed E-state index contributed by atoms with van der Waals surface area (Å²) in [6, 6.07) is 37.5. The van der Waals surface area contributed by atoms with E-state index in [1.54, 1.807) is 32.9 Å². The predicted octanol–water partition coefficient (Wildman–Crippen LogP) is 9.33. The third kappa shape index (κ3) is 35.7. The lowest BCUT2D eigenvalue weighted by Gasteiger charge is -2.05. The number of hydrogen-bond acceptors (Lipinski definition) is 12. The van der Waals surface area contributed by atoms with Crippen LogP contribution in [0.1, 0.15) is 126 Å². The summed E-state index contributed by atoms with van der Waals surface area (Å²) in [6.07, 6.45) is 9.79. The van der Waals surface area contributed by atoms with Crippen molar-refractivity contribution in [3.8, 4) is 5.75 Å². The fraction of sp³-hybridized carbons (Fsp3) is 0.508. The maximum Gasteiger partial charge on any atom is 0.491 e. The molecule has 440 valence electrons. The minimum absolute atomic E-state index is 0. The van der Waals surface area contributed by atoms with Crippen molar-refractivity contribution in [2.45, 2.75) is 149 Å². The van der Waals surface area contributed by atoms with Crippen LogP contribution < -0.4 is 32.1 Å². The third-order valence-corrected chi connectivity index (χ3v) is 10.1. The van der Waals surface area contributed by atoms with Gasteiger partial charge in [0, 0.05) is 20.8 Å². The van der Waals surface area contributed by atoms with Crippen molar-refractivity contribution in [3.05, 3.63) is 143 Å². The first-order valence-corrected chi connectivity index (χ1v) is 29.2. The van der Waals surface area contributed by atoms with Gasteiger partial charge in [0.05, 0.1) is 19.8 Å². The molecule has 78 heavy (non-hydrogen) atoms. The Hall–Kier alpha value is -3.83. The van der Waals surface area contributed by atoms with Gasteiger partial charge in [-0.2, -0.15) is 11.8 Å². The number of fused-ring (bicyclic) bond motifs is 5. The van der Waals surface area contributed by atoms with Gasteiger partial charge in [0.1, 0.15) is 5.75 Å². The van der Waals surface area contributed by atoms with Crippen LogP contribution in [-0.2, 0) is 46.5 Å². The highest BCUT2D eigenvalue weighted by Crippen LogP contribution is 2.19. The molecule has 0 radical (unpaired) electrons. The number of ether oxygens (including phenoxy) is 2. The molecule has 0 unspecified atom stereocenters. The molecule has 5 aliphatic heterocycles.